The summed E-state index contributed by atoms with van der Waals surface area (Å²) in [4.78, 5) is 23.1. The minimum Gasteiger partial charge on any atom is -0.478 e. The third-order valence-electron chi connectivity index (χ3n) is 5.17. The van der Waals surface area contributed by atoms with E-state index in [9.17, 15) is 28.2 Å². The van der Waals surface area contributed by atoms with E-state index in [1.54, 1.807) is 12.2 Å². The van der Waals surface area contributed by atoms with Crippen LogP contribution in [0.25, 0.3) is 12.2 Å². The third-order valence-corrected chi connectivity index (χ3v) is 6.92. The highest BCUT2D eigenvalue weighted by Gasteiger charge is 2.22. The molecule has 0 heterocycles. The molecular weight excluding hydrogens is 440 g/mol. The fourth-order valence-corrected chi connectivity index (χ4v) is 4.61. The van der Waals surface area contributed by atoms with E-state index in [0.717, 1.165) is 38.5 Å². The molecule has 6 nitrogen and oxygen atoms in total. The van der Waals surface area contributed by atoms with Crippen LogP contribution in [0, 0.1) is 0 Å². The van der Waals surface area contributed by atoms with Gasteiger partial charge in [-0.05, 0) is 60.4 Å². The highest BCUT2D eigenvalue weighted by Crippen LogP contribution is 2.27. The molecule has 0 aliphatic heterocycles. The number of hydrogen-bond donors (Lipinski definition) is 2. The van der Waals surface area contributed by atoms with E-state index in [4.69, 9.17) is 0 Å². The van der Waals surface area contributed by atoms with Gasteiger partial charge in [-0.3, -0.25) is 0 Å². The van der Waals surface area contributed by atoms with Crippen molar-refractivity contribution in [2.75, 3.05) is 0 Å². The molecule has 7 heteroatoms. The maximum Gasteiger partial charge on any atom is 0.336 e. The molecule has 0 aromatic heterocycles. The van der Waals surface area contributed by atoms with Crippen LogP contribution in [0.1, 0.15) is 84.2 Å². The zero-order chi connectivity index (χ0) is 24.4. The van der Waals surface area contributed by atoms with Gasteiger partial charge in [0.25, 0.3) is 0 Å². The van der Waals surface area contributed by atoms with E-state index < -0.39 is 21.8 Å². The standard InChI is InChI=1S/C26H30O6S/c1-3-5-7-9-11-19-17-21(13-15-23(19)25(27)28)33(31,32)22-14-16-24(26(29)30)20(18-22)12-10-8-6-4-2/h9-18H,3-8H2,1-2H3,(H,27,28)(H,29,30). The van der Waals surface area contributed by atoms with Crippen molar-refractivity contribution in [1.29, 1.82) is 0 Å². The molecule has 2 rings (SSSR count). The molecular formula is C26H30O6S. The van der Waals surface area contributed by atoms with Gasteiger partial charge in [0.15, 0.2) is 0 Å². The maximum atomic E-state index is 13.3. The zero-order valence-corrected chi connectivity index (χ0v) is 19.8. The number of carboxylic acids is 2. The highest BCUT2D eigenvalue weighted by atomic mass is 32.2. The van der Waals surface area contributed by atoms with E-state index in [-0.39, 0.29) is 20.9 Å². The number of carbonyl (C=O) groups is 2. The average Bonchev–Trinajstić information content (AvgIpc) is 2.79. The lowest BCUT2D eigenvalue weighted by molar-refractivity contribution is 0.0685. The second kappa shape index (κ2) is 12.2. The molecule has 2 N–H and O–H groups in total. The summed E-state index contributed by atoms with van der Waals surface area (Å²) in [6.07, 6.45) is 12.3. The summed E-state index contributed by atoms with van der Waals surface area (Å²) in [6, 6.07) is 7.80. The van der Waals surface area contributed by atoms with Crippen molar-refractivity contribution < 1.29 is 28.2 Å². The average molecular weight is 471 g/mol. The van der Waals surface area contributed by atoms with E-state index >= 15 is 0 Å². The van der Waals surface area contributed by atoms with Gasteiger partial charge < -0.3 is 10.2 Å². The van der Waals surface area contributed by atoms with Crippen LogP contribution in [-0.4, -0.2) is 30.6 Å². The van der Waals surface area contributed by atoms with Crippen LogP contribution < -0.4 is 0 Å². The molecule has 0 atom stereocenters. The van der Waals surface area contributed by atoms with E-state index in [1.165, 1.54) is 36.4 Å². The number of benzene rings is 2. The van der Waals surface area contributed by atoms with Gasteiger partial charge in [-0.1, -0.05) is 63.8 Å². The Bertz CT molecular complexity index is 1070. The molecule has 0 unspecified atom stereocenters. The van der Waals surface area contributed by atoms with Crippen LogP contribution in [0.15, 0.2) is 58.3 Å². The predicted molar refractivity (Wildman–Crippen MR) is 129 cm³/mol. The second-order valence-electron chi connectivity index (χ2n) is 7.70. The molecule has 0 amide bonds. The van der Waals surface area contributed by atoms with Crippen molar-refractivity contribution >= 4 is 33.9 Å². The van der Waals surface area contributed by atoms with Crippen molar-refractivity contribution in [1.82, 2.24) is 0 Å². The zero-order valence-electron chi connectivity index (χ0n) is 19.0. The minimum absolute atomic E-state index is 0.0162. The first-order valence-electron chi connectivity index (χ1n) is 11.0. The maximum absolute atomic E-state index is 13.3. The number of hydrogen-bond acceptors (Lipinski definition) is 4. The number of sulfone groups is 1. The molecule has 0 aliphatic rings. The normalized spacial score (nSPS) is 11.9. The molecule has 0 spiro atoms. The molecule has 2 aromatic rings. The smallest absolute Gasteiger partial charge is 0.336 e. The van der Waals surface area contributed by atoms with E-state index in [1.807, 2.05) is 26.0 Å². The third kappa shape index (κ3) is 6.89. The summed E-state index contributed by atoms with van der Waals surface area (Å²) in [5.41, 5.74) is 0.646. The van der Waals surface area contributed by atoms with Gasteiger partial charge in [-0.2, -0.15) is 0 Å². The second-order valence-corrected chi connectivity index (χ2v) is 9.65. The summed E-state index contributed by atoms with van der Waals surface area (Å²) in [5.74, 6) is -2.28. The van der Waals surface area contributed by atoms with Gasteiger partial charge in [0.1, 0.15) is 0 Å². The summed E-state index contributed by atoms with van der Waals surface area (Å²) in [6.45, 7) is 4.10. The SMILES string of the molecule is CCCCC=Cc1cc(S(=O)(=O)c2ccc(C(=O)O)c(C=CCCCC)c2)ccc1C(=O)O. The van der Waals surface area contributed by atoms with Gasteiger partial charge in [0, 0.05) is 0 Å². The Morgan fingerprint density at radius 3 is 1.48 bits per heavy atom. The fourth-order valence-electron chi connectivity index (χ4n) is 3.28. The Labute approximate surface area is 195 Å². The lowest BCUT2D eigenvalue weighted by Crippen LogP contribution is -2.07. The molecule has 0 bridgehead atoms. The number of rotatable bonds is 12. The van der Waals surface area contributed by atoms with Crippen molar-refractivity contribution in [3.8, 4) is 0 Å². The molecule has 0 saturated heterocycles. The highest BCUT2D eigenvalue weighted by molar-refractivity contribution is 7.91. The van der Waals surface area contributed by atoms with Crippen LogP contribution in [0.3, 0.4) is 0 Å². The van der Waals surface area contributed by atoms with Gasteiger partial charge in [0.05, 0.1) is 20.9 Å². The van der Waals surface area contributed by atoms with Gasteiger partial charge >= 0.3 is 11.9 Å². The Morgan fingerprint density at radius 2 is 1.15 bits per heavy atom. The van der Waals surface area contributed by atoms with Gasteiger partial charge in [-0.15, -0.1) is 0 Å². The van der Waals surface area contributed by atoms with Crippen LogP contribution in [0.2, 0.25) is 0 Å². The first-order valence-corrected chi connectivity index (χ1v) is 12.5. The topological polar surface area (TPSA) is 109 Å². The molecule has 0 aliphatic carbocycles. The molecule has 2 aromatic carbocycles. The molecule has 0 radical (unpaired) electrons. The Morgan fingerprint density at radius 1 is 0.758 bits per heavy atom. The monoisotopic (exact) mass is 470 g/mol. The predicted octanol–water partition coefficient (Wildman–Crippen LogP) is 6.32. The molecule has 0 saturated carbocycles. The summed E-state index contributed by atoms with van der Waals surface area (Å²) >= 11 is 0. The van der Waals surface area contributed by atoms with Crippen molar-refractivity contribution in [3.63, 3.8) is 0 Å². The molecule has 33 heavy (non-hydrogen) atoms. The Kier molecular flexibility index (Phi) is 9.60. The number of allylic oxidation sites excluding steroid dienone is 2. The number of carboxylic acid groups (broad SMARTS) is 2. The summed E-state index contributed by atoms with van der Waals surface area (Å²) in [7, 11) is -3.99. The van der Waals surface area contributed by atoms with Crippen molar-refractivity contribution in [3.05, 3.63) is 70.8 Å². The number of unbranched alkanes of at least 4 members (excludes halogenated alkanes) is 4. The van der Waals surface area contributed by atoms with Crippen LogP contribution >= 0.6 is 0 Å². The summed E-state index contributed by atoms with van der Waals surface area (Å²) < 4.78 is 26.6. The van der Waals surface area contributed by atoms with Gasteiger partial charge in [0.2, 0.25) is 9.84 Å². The van der Waals surface area contributed by atoms with Crippen LogP contribution in [0.4, 0.5) is 0 Å². The van der Waals surface area contributed by atoms with E-state index in [0.29, 0.717) is 11.1 Å². The Balaban J connectivity index is 2.52. The van der Waals surface area contributed by atoms with E-state index in [2.05, 4.69) is 0 Å². The van der Waals surface area contributed by atoms with Gasteiger partial charge in [-0.25, -0.2) is 18.0 Å². The van der Waals surface area contributed by atoms with Crippen LogP contribution in [0.5, 0.6) is 0 Å². The number of aromatic carboxylic acids is 2. The first kappa shape index (κ1) is 26.1. The summed E-state index contributed by atoms with van der Waals surface area (Å²) in [5, 5.41) is 18.9. The minimum atomic E-state index is -3.99. The fraction of sp³-hybridized carbons (Fsp3) is 0.308. The first-order chi connectivity index (χ1) is 15.7. The molecule has 176 valence electrons. The quantitative estimate of drug-likeness (QED) is 0.351. The lowest BCUT2D eigenvalue weighted by Gasteiger charge is -2.10. The lowest BCUT2D eigenvalue weighted by atomic mass is 10.1. The Hall–Kier alpha value is -3.19. The van der Waals surface area contributed by atoms with Crippen molar-refractivity contribution in [2.45, 2.75) is 62.2 Å². The van der Waals surface area contributed by atoms with Crippen LogP contribution in [-0.2, 0) is 9.84 Å². The van der Waals surface area contributed by atoms with Crippen molar-refractivity contribution in [2.24, 2.45) is 0 Å². The largest absolute Gasteiger partial charge is 0.478 e. The molecule has 0 fully saturated rings.